The van der Waals surface area contributed by atoms with Crippen LogP contribution < -0.4 is 26.0 Å². The number of nitrogen functional groups attached to an aromatic ring is 1. The highest BCUT2D eigenvalue weighted by Crippen LogP contribution is 2.39. The first kappa shape index (κ1) is 27.6. The second-order valence-electron chi connectivity index (χ2n) is 10.1. The van der Waals surface area contributed by atoms with Crippen molar-refractivity contribution in [3.8, 4) is 5.75 Å². The summed E-state index contributed by atoms with van der Waals surface area (Å²) in [6.07, 6.45) is 3.54. The highest BCUT2D eigenvalue weighted by atomic mass is 35.5. The predicted octanol–water partition coefficient (Wildman–Crippen LogP) is 4.50. The molecule has 3 aromatic rings. The lowest BCUT2D eigenvalue weighted by molar-refractivity contribution is 0.0790. The minimum absolute atomic E-state index is 0.0981. The summed E-state index contributed by atoms with van der Waals surface area (Å²) < 4.78 is 19.8. The van der Waals surface area contributed by atoms with Crippen LogP contribution in [0.15, 0.2) is 30.6 Å². The lowest BCUT2D eigenvalue weighted by Crippen LogP contribution is -2.37. The molecule has 1 aliphatic heterocycles. The van der Waals surface area contributed by atoms with E-state index in [0.717, 1.165) is 31.6 Å². The highest BCUT2D eigenvalue weighted by Gasteiger charge is 2.28. The maximum Gasteiger partial charge on any atom is 0.232 e. The van der Waals surface area contributed by atoms with Crippen molar-refractivity contribution in [2.75, 3.05) is 55.6 Å². The van der Waals surface area contributed by atoms with E-state index in [-0.39, 0.29) is 16.9 Å². The SMILES string of the molecule is COc1cc(N2CCC[C@@H]2CN(C)C)c(N)cc1Nc1ncnc(Nc2cc(Cl)c(F)cc2C(C)(C)O)n1. The molecular formula is C26H34ClFN8O2. The summed E-state index contributed by atoms with van der Waals surface area (Å²) in [5.74, 6) is 0.358. The first-order chi connectivity index (χ1) is 18.0. The molecule has 0 spiro atoms. The largest absolute Gasteiger partial charge is 0.494 e. The summed E-state index contributed by atoms with van der Waals surface area (Å²) in [6.45, 7) is 4.97. The van der Waals surface area contributed by atoms with Crippen LogP contribution >= 0.6 is 11.6 Å². The van der Waals surface area contributed by atoms with Crippen LogP contribution in [0.5, 0.6) is 5.75 Å². The molecule has 12 heteroatoms. The monoisotopic (exact) mass is 544 g/mol. The first-order valence-electron chi connectivity index (χ1n) is 12.3. The number of nitrogens with zero attached hydrogens (tertiary/aromatic N) is 5. The first-order valence-corrected chi connectivity index (χ1v) is 12.7. The van der Waals surface area contributed by atoms with Gasteiger partial charge in [-0.1, -0.05) is 11.6 Å². The van der Waals surface area contributed by atoms with Crippen LogP contribution in [0.3, 0.4) is 0 Å². The zero-order chi connectivity index (χ0) is 27.6. The van der Waals surface area contributed by atoms with E-state index in [0.29, 0.717) is 34.4 Å². The lowest BCUT2D eigenvalue weighted by atomic mass is 9.96. The summed E-state index contributed by atoms with van der Waals surface area (Å²) in [5, 5.41) is 16.6. The minimum Gasteiger partial charge on any atom is -0.494 e. The zero-order valence-electron chi connectivity index (χ0n) is 22.2. The fourth-order valence-corrected chi connectivity index (χ4v) is 4.84. The molecule has 2 heterocycles. The number of halogens is 2. The molecule has 38 heavy (non-hydrogen) atoms. The third-order valence-corrected chi connectivity index (χ3v) is 6.69. The molecule has 0 saturated carbocycles. The average molecular weight is 545 g/mol. The number of methoxy groups -OCH3 is 1. The molecule has 1 aliphatic rings. The topological polar surface area (TPSA) is 125 Å². The fraction of sp³-hybridized carbons (Fsp3) is 0.423. The van der Waals surface area contributed by atoms with Gasteiger partial charge >= 0.3 is 0 Å². The summed E-state index contributed by atoms with van der Waals surface area (Å²) in [4.78, 5) is 17.3. The van der Waals surface area contributed by atoms with Gasteiger partial charge in [-0.05, 0) is 59.0 Å². The summed E-state index contributed by atoms with van der Waals surface area (Å²) in [5.41, 5.74) is 7.97. The number of anilines is 6. The predicted molar refractivity (Wildman–Crippen MR) is 149 cm³/mol. The number of likely N-dealkylation sites (N-methyl/N-ethyl adjacent to an activating group) is 1. The van der Waals surface area contributed by atoms with Crippen molar-refractivity contribution in [3.05, 3.63) is 47.0 Å². The Kier molecular flexibility index (Phi) is 8.10. The van der Waals surface area contributed by atoms with Gasteiger partial charge < -0.3 is 36.0 Å². The normalized spacial score (nSPS) is 15.7. The number of hydrogen-bond donors (Lipinski definition) is 4. The van der Waals surface area contributed by atoms with E-state index in [2.05, 4.69) is 49.5 Å². The summed E-state index contributed by atoms with van der Waals surface area (Å²) in [7, 11) is 5.74. The van der Waals surface area contributed by atoms with Crippen LogP contribution in [0, 0.1) is 5.82 Å². The number of benzene rings is 2. The Balaban J connectivity index is 1.60. The maximum atomic E-state index is 14.1. The third kappa shape index (κ3) is 6.17. The summed E-state index contributed by atoms with van der Waals surface area (Å²) >= 11 is 5.99. The van der Waals surface area contributed by atoms with E-state index in [1.807, 2.05) is 12.1 Å². The minimum atomic E-state index is -1.34. The van der Waals surface area contributed by atoms with Gasteiger partial charge in [-0.15, -0.1) is 0 Å². The van der Waals surface area contributed by atoms with Crippen LogP contribution in [0.1, 0.15) is 32.3 Å². The van der Waals surface area contributed by atoms with E-state index in [4.69, 9.17) is 22.1 Å². The van der Waals surface area contributed by atoms with Crippen LogP contribution in [-0.4, -0.2) is 65.3 Å². The molecule has 1 aromatic heterocycles. The second-order valence-corrected chi connectivity index (χ2v) is 10.5. The number of nitrogens with two attached hydrogens (primary N) is 1. The number of hydrogen-bond acceptors (Lipinski definition) is 10. The van der Waals surface area contributed by atoms with Gasteiger partial charge in [0.05, 0.1) is 34.8 Å². The van der Waals surface area contributed by atoms with Gasteiger partial charge in [0.2, 0.25) is 11.9 Å². The Morgan fingerprint density at radius 2 is 1.87 bits per heavy atom. The van der Waals surface area contributed by atoms with Gasteiger partial charge in [0.15, 0.2) is 0 Å². The smallest absolute Gasteiger partial charge is 0.232 e. The molecule has 0 radical (unpaired) electrons. The third-order valence-electron chi connectivity index (χ3n) is 6.40. The molecule has 2 aromatic carbocycles. The molecule has 0 unspecified atom stereocenters. The molecule has 0 amide bonds. The van der Waals surface area contributed by atoms with Crippen molar-refractivity contribution in [1.29, 1.82) is 0 Å². The molecule has 1 saturated heterocycles. The Morgan fingerprint density at radius 3 is 2.50 bits per heavy atom. The van der Waals surface area contributed by atoms with Crippen LogP contribution in [-0.2, 0) is 5.60 Å². The van der Waals surface area contributed by atoms with E-state index in [9.17, 15) is 9.50 Å². The molecule has 0 bridgehead atoms. The maximum absolute atomic E-state index is 14.1. The Labute approximate surface area is 227 Å². The molecule has 4 rings (SSSR count). The Morgan fingerprint density at radius 1 is 1.18 bits per heavy atom. The van der Waals surface area contributed by atoms with Crippen molar-refractivity contribution in [2.24, 2.45) is 0 Å². The Hall–Kier alpha value is -3.41. The molecule has 204 valence electrons. The molecular weight excluding hydrogens is 511 g/mol. The van der Waals surface area contributed by atoms with E-state index < -0.39 is 11.4 Å². The number of ether oxygens (including phenoxy) is 1. The number of aliphatic hydroxyl groups is 1. The van der Waals surface area contributed by atoms with Crippen LogP contribution in [0.4, 0.5) is 39.0 Å². The van der Waals surface area contributed by atoms with Crippen LogP contribution in [0.2, 0.25) is 5.02 Å². The second kappa shape index (κ2) is 11.1. The van der Waals surface area contributed by atoms with Gasteiger partial charge in [-0.3, -0.25) is 0 Å². The van der Waals surface area contributed by atoms with Crippen molar-refractivity contribution in [2.45, 2.75) is 38.3 Å². The van der Waals surface area contributed by atoms with Crippen LogP contribution in [0.25, 0.3) is 0 Å². The van der Waals surface area contributed by atoms with Gasteiger partial charge in [-0.2, -0.15) is 4.98 Å². The van der Waals surface area contributed by atoms with Crippen molar-refractivity contribution >= 4 is 46.2 Å². The Bertz CT molecular complexity index is 1300. The molecule has 10 nitrogen and oxygen atoms in total. The van der Waals surface area contributed by atoms with E-state index >= 15 is 0 Å². The zero-order valence-corrected chi connectivity index (χ0v) is 23.0. The van der Waals surface area contributed by atoms with E-state index in [1.165, 1.54) is 18.5 Å². The number of rotatable bonds is 9. The molecule has 1 fully saturated rings. The fourth-order valence-electron chi connectivity index (χ4n) is 4.68. The van der Waals surface area contributed by atoms with Gasteiger partial charge in [0, 0.05) is 36.4 Å². The standard InChI is InChI=1S/C26H34ClFN8O2/c1-26(2,37)16-9-18(28)17(27)10-20(16)32-24-30-14-31-25(34-24)33-21-11-19(29)22(12-23(21)38-5)36-8-6-7-15(36)13-35(3)4/h9-12,14-15,37H,6-8,13,29H2,1-5H3,(H2,30,31,32,33,34)/t15-/m1/s1. The highest BCUT2D eigenvalue weighted by molar-refractivity contribution is 6.31. The number of aromatic nitrogens is 3. The average Bonchev–Trinajstić information content (AvgIpc) is 3.28. The van der Waals surface area contributed by atoms with E-state index in [1.54, 1.807) is 21.0 Å². The van der Waals surface area contributed by atoms with Crippen molar-refractivity contribution in [3.63, 3.8) is 0 Å². The summed E-state index contributed by atoms with van der Waals surface area (Å²) in [6, 6.07) is 6.68. The van der Waals surface area contributed by atoms with Gasteiger partial charge in [-0.25, -0.2) is 14.4 Å². The molecule has 1 atom stereocenters. The molecule has 0 aliphatic carbocycles. The number of nitrogens with one attached hydrogen (secondary N) is 2. The van der Waals surface area contributed by atoms with Gasteiger partial charge in [0.1, 0.15) is 17.9 Å². The van der Waals surface area contributed by atoms with Crippen molar-refractivity contribution < 1.29 is 14.2 Å². The quantitative estimate of drug-likeness (QED) is 0.286. The molecule has 5 N–H and O–H groups in total. The lowest BCUT2D eigenvalue weighted by Gasteiger charge is -2.30. The van der Waals surface area contributed by atoms with Gasteiger partial charge in [0.25, 0.3) is 0 Å². The van der Waals surface area contributed by atoms with Crippen molar-refractivity contribution in [1.82, 2.24) is 19.9 Å².